The first-order valence-corrected chi connectivity index (χ1v) is 7.22. The number of benzene rings is 1. The Morgan fingerprint density at radius 2 is 2.10 bits per heavy atom. The molecule has 2 rings (SSSR count). The summed E-state index contributed by atoms with van der Waals surface area (Å²) in [7, 11) is -2.94. The first kappa shape index (κ1) is 14.3. The number of nitrogens with one attached hydrogen (secondary N) is 3. The van der Waals surface area contributed by atoms with Gasteiger partial charge >= 0.3 is 16.3 Å². The molecule has 0 fully saturated rings. The molecule has 0 radical (unpaired) electrons. The summed E-state index contributed by atoms with van der Waals surface area (Å²) < 4.78 is 31.5. The molecule has 0 bridgehead atoms. The van der Waals surface area contributed by atoms with Crippen molar-refractivity contribution in [2.24, 2.45) is 0 Å². The third-order valence-electron chi connectivity index (χ3n) is 2.55. The van der Waals surface area contributed by atoms with Gasteiger partial charge in [0.15, 0.2) is 0 Å². The summed E-state index contributed by atoms with van der Waals surface area (Å²) >= 11 is 0. The third-order valence-corrected chi connectivity index (χ3v) is 3.65. The van der Waals surface area contributed by atoms with Crippen molar-refractivity contribution in [3.63, 3.8) is 0 Å². The number of aromatic nitrogens is 2. The topological polar surface area (TPSA) is 113 Å². The van der Waals surface area contributed by atoms with Crippen LogP contribution in [-0.4, -0.2) is 31.6 Å². The summed E-state index contributed by atoms with van der Waals surface area (Å²) in [5.74, 6) is 0.446. The maximum Gasteiger partial charge on any atom is 0.421 e. The van der Waals surface area contributed by atoms with E-state index in [0.717, 1.165) is 18.1 Å². The molecule has 2 aromatic rings. The van der Waals surface area contributed by atoms with Crippen molar-refractivity contribution in [1.29, 1.82) is 0 Å². The molecule has 0 spiro atoms. The van der Waals surface area contributed by atoms with Crippen LogP contribution in [0.25, 0.3) is 11.0 Å². The number of carbonyl (C=O) groups is 1. The molecular weight excluding hydrogens is 284 g/mol. The first-order chi connectivity index (χ1) is 9.41. The van der Waals surface area contributed by atoms with Crippen LogP contribution in [-0.2, 0) is 14.9 Å². The molecule has 0 aliphatic carbocycles. The summed E-state index contributed by atoms with van der Waals surface area (Å²) in [6.45, 7) is 1.61. The van der Waals surface area contributed by atoms with Gasteiger partial charge in [0.1, 0.15) is 5.82 Å². The Labute approximate surface area is 115 Å². The molecule has 1 atom stereocenters. The van der Waals surface area contributed by atoms with Crippen LogP contribution in [0.3, 0.4) is 0 Å². The van der Waals surface area contributed by atoms with Crippen molar-refractivity contribution in [2.45, 2.75) is 13.0 Å². The van der Waals surface area contributed by atoms with E-state index in [9.17, 15) is 13.2 Å². The van der Waals surface area contributed by atoms with Crippen molar-refractivity contribution in [3.8, 4) is 0 Å². The molecule has 108 valence electrons. The summed E-state index contributed by atoms with van der Waals surface area (Å²) in [5.41, 5.74) is 1.53. The number of amides is 1. The minimum atomic E-state index is -4.01. The number of hydrogen-bond acceptors (Lipinski definition) is 5. The lowest BCUT2D eigenvalue weighted by atomic mass is 10.3. The number of carbonyl (C=O) groups excluding carboxylic acids is 1. The maximum atomic E-state index is 11.6. The fraction of sp³-hybridized carbons (Fsp3) is 0.273. The van der Waals surface area contributed by atoms with E-state index in [2.05, 4.69) is 19.4 Å². The number of hydrogen-bond donors (Lipinski definition) is 3. The minimum absolute atomic E-state index is 0.446. The second-order valence-corrected chi connectivity index (χ2v) is 5.52. The first-order valence-electron chi connectivity index (χ1n) is 5.74. The smallest absolute Gasteiger partial charge is 0.421 e. The van der Waals surface area contributed by atoms with Crippen LogP contribution in [0.2, 0.25) is 0 Å². The van der Waals surface area contributed by atoms with E-state index < -0.39 is 22.3 Å². The zero-order chi connectivity index (χ0) is 14.8. The van der Waals surface area contributed by atoms with Crippen LogP contribution in [0.15, 0.2) is 24.3 Å². The predicted molar refractivity (Wildman–Crippen MR) is 72.1 cm³/mol. The van der Waals surface area contributed by atoms with Gasteiger partial charge in [0.2, 0.25) is 0 Å². The number of ether oxygens (including phenoxy) is 1. The highest BCUT2D eigenvalue weighted by Crippen LogP contribution is 2.15. The average molecular weight is 298 g/mol. The molecule has 1 aromatic carbocycles. The molecule has 20 heavy (non-hydrogen) atoms. The molecule has 3 N–H and O–H groups in total. The maximum absolute atomic E-state index is 11.6. The molecule has 1 amide bonds. The molecule has 0 aliphatic heterocycles. The van der Waals surface area contributed by atoms with Crippen LogP contribution in [0.5, 0.6) is 0 Å². The van der Waals surface area contributed by atoms with E-state index >= 15 is 0 Å². The lowest BCUT2D eigenvalue weighted by molar-refractivity contribution is 0.177. The molecule has 1 aromatic heterocycles. The molecule has 0 aliphatic rings. The quantitative estimate of drug-likeness (QED) is 0.773. The average Bonchev–Trinajstić information content (AvgIpc) is 2.81. The molecule has 8 nitrogen and oxygen atoms in total. The standard InChI is InChI=1S/C11H14N4O4S/c1-7(14-20(17,18)15-11(16)19-2)10-12-8-5-3-4-6-9(8)13-10/h3-7,14H,1-2H3,(H,12,13)(H,15,16). The molecule has 1 heterocycles. The lowest BCUT2D eigenvalue weighted by Gasteiger charge is -2.11. The highest BCUT2D eigenvalue weighted by atomic mass is 32.2. The Kier molecular flexibility index (Phi) is 3.91. The van der Waals surface area contributed by atoms with Crippen molar-refractivity contribution in [2.75, 3.05) is 7.11 Å². The lowest BCUT2D eigenvalue weighted by Crippen LogP contribution is -2.41. The second kappa shape index (κ2) is 5.47. The monoisotopic (exact) mass is 298 g/mol. The summed E-state index contributed by atoms with van der Waals surface area (Å²) in [6.07, 6.45) is -1.06. The van der Waals surface area contributed by atoms with Gasteiger partial charge in [-0.05, 0) is 19.1 Å². The van der Waals surface area contributed by atoms with Gasteiger partial charge in [0.25, 0.3) is 0 Å². The van der Waals surface area contributed by atoms with E-state index in [1.165, 1.54) is 0 Å². The fourth-order valence-electron chi connectivity index (χ4n) is 1.65. The summed E-state index contributed by atoms with van der Waals surface area (Å²) in [4.78, 5) is 18.2. The number of fused-ring (bicyclic) bond motifs is 1. The third kappa shape index (κ3) is 3.25. The molecule has 1 unspecified atom stereocenters. The van der Waals surface area contributed by atoms with E-state index in [1.807, 2.05) is 24.3 Å². The summed E-state index contributed by atoms with van der Waals surface area (Å²) in [6, 6.07) is 6.69. The molecular formula is C11H14N4O4S. The van der Waals surface area contributed by atoms with Crippen LogP contribution >= 0.6 is 0 Å². The van der Waals surface area contributed by atoms with E-state index in [4.69, 9.17) is 0 Å². The van der Waals surface area contributed by atoms with Crippen LogP contribution in [0.4, 0.5) is 4.79 Å². The van der Waals surface area contributed by atoms with Crippen LogP contribution in [0.1, 0.15) is 18.8 Å². The molecule has 0 saturated heterocycles. The predicted octanol–water partition coefficient (Wildman–Crippen LogP) is 0.814. The zero-order valence-corrected chi connectivity index (χ0v) is 11.7. The largest absolute Gasteiger partial charge is 0.452 e. The minimum Gasteiger partial charge on any atom is -0.452 e. The van der Waals surface area contributed by atoms with Crippen molar-refractivity contribution in [1.82, 2.24) is 19.4 Å². The number of H-pyrrole nitrogens is 1. The van der Waals surface area contributed by atoms with Gasteiger partial charge in [0.05, 0.1) is 24.2 Å². The number of methoxy groups -OCH3 is 1. The van der Waals surface area contributed by atoms with Crippen molar-refractivity contribution in [3.05, 3.63) is 30.1 Å². The number of imidazole rings is 1. The second-order valence-electron chi connectivity index (χ2n) is 4.08. The number of aromatic amines is 1. The Morgan fingerprint density at radius 1 is 1.40 bits per heavy atom. The number of rotatable bonds is 4. The highest BCUT2D eigenvalue weighted by molar-refractivity contribution is 7.88. The van der Waals surface area contributed by atoms with Gasteiger partial charge < -0.3 is 9.72 Å². The summed E-state index contributed by atoms with van der Waals surface area (Å²) in [5, 5.41) is 0. The SMILES string of the molecule is COC(=O)NS(=O)(=O)NC(C)c1nc2ccccc2[nH]1. The van der Waals surface area contributed by atoms with Crippen LogP contribution < -0.4 is 9.44 Å². The Balaban J connectivity index is 2.15. The molecule has 9 heteroatoms. The Morgan fingerprint density at radius 3 is 2.75 bits per heavy atom. The van der Waals surface area contributed by atoms with E-state index in [-0.39, 0.29) is 0 Å². The van der Waals surface area contributed by atoms with Gasteiger partial charge in [-0.15, -0.1) is 0 Å². The number of nitrogens with zero attached hydrogens (tertiary/aromatic N) is 1. The fourth-order valence-corrected chi connectivity index (χ4v) is 2.59. The van der Waals surface area contributed by atoms with E-state index in [1.54, 1.807) is 11.6 Å². The highest BCUT2D eigenvalue weighted by Gasteiger charge is 2.20. The van der Waals surface area contributed by atoms with Crippen molar-refractivity contribution >= 4 is 27.3 Å². The van der Waals surface area contributed by atoms with Crippen LogP contribution in [0, 0.1) is 0 Å². The Hall–Kier alpha value is -2.13. The van der Waals surface area contributed by atoms with Gasteiger partial charge in [-0.3, -0.25) is 0 Å². The van der Waals surface area contributed by atoms with Gasteiger partial charge in [-0.1, -0.05) is 12.1 Å². The van der Waals surface area contributed by atoms with Gasteiger partial charge in [-0.25, -0.2) is 14.5 Å². The number of para-hydroxylation sites is 2. The van der Waals surface area contributed by atoms with E-state index in [0.29, 0.717) is 5.82 Å². The molecule has 0 saturated carbocycles. The van der Waals surface area contributed by atoms with Gasteiger partial charge in [0, 0.05) is 0 Å². The zero-order valence-electron chi connectivity index (χ0n) is 10.9. The normalized spacial score (nSPS) is 13.1. The van der Waals surface area contributed by atoms with Crippen molar-refractivity contribution < 1.29 is 17.9 Å². The van der Waals surface area contributed by atoms with Gasteiger partial charge in [-0.2, -0.15) is 13.1 Å². The Bertz CT molecular complexity index is 692.